The molecular formula is C29H26N4O4. The van der Waals surface area contributed by atoms with Gasteiger partial charge < -0.3 is 19.7 Å². The highest BCUT2D eigenvalue weighted by molar-refractivity contribution is 5.95. The molecule has 1 saturated heterocycles. The molecule has 186 valence electrons. The highest BCUT2D eigenvalue weighted by Gasteiger charge is 2.30. The number of fused-ring (bicyclic) bond motifs is 1. The van der Waals surface area contributed by atoms with Crippen LogP contribution in [0.2, 0.25) is 0 Å². The molecule has 0 radical (unpaired) electrons. The number of nitrogens with zero attached hydrogens (tertiary/aromatic N) is 3. The fourth-order valence-electron chi connectivity index (χ4n) is 4.77. The Hall–Kier alpha value is -4.59. The lowest BCUT2D eigenvalue weighted by Crippen LogP contribution is -2.42. The summed E-state index contributed by atoms with van der Waals surface area (Å²) in [7, 11) is 0. The number of likely N-dealkylation sites (tertiary alicyclic amines) is 1. The monoisotopic (exact) mass is 494 g/mol. The molecule has 3 heterocycles. The van der Waals surface area contributed by atoms with Crippen molar-refractivity contribution in [2.45, 2.75) is 12.8 Å². The van der Waals surface area contributed by atoms with Crippen molar-refractivity contribution in [1.29, 1.82) is 0 Å². The number of piperidine rings is 1. The Balaban J connectivity index is 1.16. The summed E-state index contributed by atoms with van der Waals surface area (Å²) in [6.45, 7) is 1.19. The number of benzene rings is 3. The lowest BCUT2D eigenvalue weighted by molar-refractivity contribution is -0.121. The summed E-state index contributed by atoms with van der Waals surface area (Å²) in [5, 5.41) is 7.74. The van der Waals surface area contributed by atoms with Crippen molar-refractivity contribution in [2.24, 2.45) is 5.92 Å². The second kappa shape index (κ2) is 9.81. The van der Waals surface area contributed by atoms with Gasteiger partial charge in [-0.15, -0.1) is 0 Å². The summed E-state index contributed by atoms with van der Waals surface area (Å²) < 4.78 is 12.4. The zero-order valence-corrected chi connectivity index (χ0v) is 20.2. The molecule has 8 heteroatoms. The minimum Gasteiger partial charge on any atom is -0.454 e. The van der Waals surface area contributed by atoms with Crippen molar-refractivity contribution in [1.82, 2.24) is 14.7 Å². The number of amides is 2. The summed E-state index contributed by atoms with van der Waals surface area (Å²) in [6.07, 6.45) is 1.18. The normalized spacial score (nSPS) is 15.0. The lowest BCUT2D eigenvalue weighted by atomic mass is 9.95. The standard InChI is InChI=1S/C29H26N4O4/c34-28(30-22-11-12-26-27(17-22)37-19-36-26)21-13-15-32(16-14-21)29(35)25-18-24(20-7-3-1-4-8-20)31-33(25)23-9-5-2-6-10-23/h1-12,17-18,21H,13-16,19H2,(H,30,34). The number of hydrogen-bond donors (Lipinski definition) is 1. The Bertz CT molecular complexity index is 1430. The van der Waals surface area contributed by atoms with Crippen molar-refractivity contribution in [3.63, 3.8) is 0 Å². The van der Waals surface area contributed by atoms with Crippen LogP contribution >= 0.6 is 0 Å². The highest BCUT2D eigenvalue weighted by Crippen LogP contribution is 2.34. The van der Waals surface area contributed by atoms with Gasteiger partial charge in [-0.1, -0.05) is 48.5 Å². The van der Waals surface area contributed by atoms with E-state index in [9.17, 15) is 9.59 Å². The average Bonchev–Trinajstić information content (AvgIpc) is 3.61. The predicted octanol–water partition coefficient (Wildman–Crippen LogP) is 4.76. The Labute approximate surface area is 214 Å². The van der Waals surface area contributed by atoms with Gasteiger partial charge in [-0.05, 0) is 43.2 Å². The third kappa shape index (κ3) is 4.65. The molecule has 0 spiro atoms. The number of para-hydroxylation sites is 1. The SMILES string of the molecule is O=C(Nc1ccc2c(c1)OCO2)C1CCN(C(=O)c2cc(-c3ccccc3)nn2-c2ccccc2)CC1. The van der Waals surface area contributed by atoms with Crippen LogP contribution in [0.3, 0.4) is 0 Å². The zero-order chi connectivity index (χ0) is 25.2. The first-order chi connectivity index (χ1) is 18.2. The van der Waals surface area contributed by atoms with E-state index in [1.54, 1.807) is 22.9 Å². The molecule has 2 aliphatic heterocycles. The van der Waals surface area contributed by atoms with Crippen LogP contribution in [-0.4, -0.2) is 46.4 Å². The summed E-state index contributed by atoms with van der Waals surface area (Å²) in [5.41, 5.74) is 3.70. The van der Waals surface area contributed by atoms with Crippen molar-refractivity contribution in [2.75, 3.05) is 25.2 Å². The molecule has 0 aliphatic carbocycles. The van der Waals surface area contributed by atoms with Crippen LogP contribution < -0.4 is 14.8 Å². The fourth-order valence-corrected chi connectivity index (χ4v) is 4.77. The van der Waals surface area contributed by atoms with Crippen molar-refractivity contribution >= 4 is 17.5 Å². The second-order valence-corrected chi connectivity index (χ2v) is 9.15. The van der Waals surface area contributed by atoms with Crippen LogP contribution in [-0.2, 0) is 4.79 Å². The molecule has 6 rings (SSSR count). The fraction of sp³-hybridized carbons (Fsp3) is 0.207. The maximum absolute atomic E-state index is 13.7. The third-order valence-electron chi connectivity index (χ3n) is 6.79. The van der Waals surface area contributed by atoms with E-state index in [2.05, 4.69) is 5.32 Å². The molecule has 1 aromatic heterocycles. The first-order valence-corrected chi connectivity index (χ1v) is 12.4. The Morgan fingerprint density at radius 1 is 0.838 bits per heavy atom. The minimum atomic E-state index is -0.173. The maximum Gasteiger partial charge on any atom is 0.272 e. The van der Waals surface area contributed by atoms with Crippen molar-refractivity contribution in [3.05, 3.63) is 90.6 Å². The van der Waals surface area contributed by atoms with Gasteiger partial charge in [-0.25, -0.2) is 4.68 Å². The van der Waals surface area contributed by atoms with Gasteiger partial charge in [-0.2, -0.15) is 5.10 Å². The van der Waals surface area contributed by atoms with Gasteiger partial charge in [0.15, 0.2) is 11.5 Å². The average molecular weight is 495 g/mol. The first kappa shape index (κ1) is 22.8. The van der Waals surface area contributed by atoms with Crippen LogP contribution in [0.15, 0.2) is 84.9 Å². The molecule has 0 bridgehead atoms. The second-order valence-electron chi connectivity index (χ2n) is 9.15. The van der Waals surface area contributed by atoms with E-state index in [1.165, 1.54) is 0 Å². The Morgan fingerprint density at radius 3 is 2.30 bits per heavy atom. The molecule has 1 fully saturated rings. The van der Waals surface area contributed by atoms with Gasteiger partial charge in [0.1, 0.15) is 5.69 Å². The van der Waals surface area contributed by atoms with Crippen LogP contribution in [0.4, 0.5) is 5.69 Å². The summed E-state index contributed by atoms with van der Waals surface area (Å²) in [5.74, 6) is 0.992. The molecular weight excluding hydrogens is 468 g/mol. The van der Waals surface area contributed by atoms with Gasteiger partial charge in [0, 0.05) is 36.3 Å². The quantitative estimate of drug-likeness (QED) is 0.432. The Morgan fingerprint density at radius 2 is 1.54 bits per heavy atom. The topological polar surface area (TPSA) is 85.7 Å². The van der Waals surface area contributed by atoms with Crippen LogP contribution in [0.25, 0.3) is 16.9 Å². The first-order valence-electron chi connectivity index (χ1n) is 12.4. The molecule has 8 nitrogen and oxygen atoms in total. The van der Waals surface area contributed by atoms with E-state index >= 15 is 0 Å². The van der Waals surface area contributed by atoms with Gasteiger partial charge in [0.2, 0.25) is 12.7 Å². The van der Waals surface area contributed by atoms with E-state index in [4.69, 9.17) is 14.6 Å². The third-order valence-corrected chi connectivity index (χ3v) is 6.79. The predicted molar refractivity (Wildman–Crippen MR) is 139 cm³/mol. The molecule has 2 aliphatic rings. The van der Waals surface area contributed by atoms with Crippen LogP contribution in [0.5, 0.6) is 11.5 Å². The Kier molecular flexibility index (Phi) is 6.06. The highest BCUT2D eigenvalue weighted by atomic mass is 16.7. The number of anilines is 1. The number of hydrogen-bond acceptors (Lipinski definition) is 5. The van der Waals surface area contributed by atoms with Gasteiger partial charge in [-0.3, -0.25) is 9.59 Å². The molecule has 2 amide bonds. The zero-order valence-electron chi connectivity index (χ0n) is 20.2. The molecule has 0 unspecified atom stereocenters. The molecule has 3 aromatic carbocycles. The number of carbonyl (C=O) groups excluding carboxylic acids is 2. The smallest absolute Gasteiger partial charge is 0.272 e. The van der Waals surface area contributed by atoms with E-state index < -0.39 is 0 Å². The van der Waals surface area contributed by atoms with Gasteiger partial charge >= 0.3 is 0 Å². The number of nitrogens with one attached hydrogen (secondary N) is 1. The lowest BCUT2D eigenvalue weighted by Gasteiger charge is -2.31. The number of aromatic nitrogens is 2. The summed E-state index contributed by atoms with van der Waals surface area (Å²) in [6, 6.07) is 26.7. The molecule has 37 heavy (non-hydrogen) atoms. The molecule has 0 saturated carbocycles. The van der Waals surface area contributed by atoms with E-state index in [0.29, 0.717) is 48.8 Å². The van der Waals surface area contributed by atoms with Crippen LogP contribution in [0.1, 0.15) is 23.3 Å². The maximum atomic E-state index is 13.7. The van der Waals surface area contributed by atoms with E-state index in [-0.39, 0.29) is 24.5 Å². The van der Waals surface area contributed by atoms with Crippen molar-refractivity contribution < 1.29 is 19.1 Å². The summed E-state index contributed by atoms with van der Waals surface area (Å²) >= 11 is 0. The van der Waals surface area contributed by atoms with Crippen molar-refractivity contribution in [3.8, 4) is 28.4 Å². The van der Waals surface area contributed by atoms with E-state index in [1.807, 2.05) is 71.6 Å². The number of carbonyl (C=O) groups is 2. The molecule has 1 N–H and O–H groups in total. The largest absolute Gasteiger partial charge is 0.454 e. The molecule has 0 atom stereocenters. The number of ether oxygens (including phenoxy) is 2. The molecule has 4 aromatic rings. The van der Waals surface area contributed by atoms with Crippen LogP contribution in [0, 0.1) is 5.92 Å². The van der Waals surface area contributed by atoms with Gasteiger partial charge in [0.05, 0.1) is 11.4 Å². The minimum absolute atomic E-state index is 0.0494. The van der Waals surface area contributed by atoms with E-state index in [0.717, 1.165) is 16.9 Å². The summed E-state index contributed by atoms with van der Waals surface area (Å²) in [4.78, 5) is 28.4. The van der Waals surface area contributed by atoms with Gasteiger partial charge in [0.25, 0.3) is 5.91 Å². The number of rotatable bonds is 5.